The van der Waals surface area contributed by atoms with Crippen molar-refractivity contribution in [3.05, 3.63) is 29.8 Å². The second kappa shape index (κ2) is 3.64. The van der Waals surface area contributed by atoms with E-state index >= 15 is 0 Å². The Morgan fingerprint density at radius 2 is 2.00 bits per heavy atom. The predicted octanol–water partition coefficient (Wildman–Crippen LogP) is 1.36. The lowest BCUT2D eigenvalue weighted by atomic mass is 10.1. The number of hydrogen-bond donors (Lipinski definition) is 3. The third-order valence-electron chi connectivity index (χ3n) is 1.47. The van der Waals surface area contributed by atoms with Crippen LogP contribution in [0.15, 0.2) is 24.3 Å². The molecule has 0 bridgehead atoms. The number of benzene rings is 1. The van der Waals surface area contributed by atoms with Gasteiger partial charge in [0.05, 0.1) is 6.10 Å². The Morgan fingerprint density at radius 1 is 1.36 bits per heavy atom. The highest BCUT2D eigenvalue weighted by molar-refractivity contribution is 7.80. The Hall–Kier alpha value is -0.670. The Labute approximate surface area is 70.9 Å². The summed E-state index contributed by atoms with van der Waals surface area (Å²) < 4.78 is 0. The maximum atomic E-state index is 9.27. The summed E-state index contributed by atoms with van der Waals surface area (Å²) in [6, 6.07) is 6.70. The lowest BCUT2D eigenvalue weighted by molar-refractivity contribution is 0.200. The quantitative estimate of drug-likeness (QED) is 0.586. The summed E-state index contributed by atoms with van der Waals surface area (Å²) in [5.41, 5.74) is 0.530. The van der Waals surface area contributed by atoms with Gasteiger partial charge in [-0.3, -0.25) is 0 Å². The van der Waals surface area contributed by atoms with Gasteiger partial charge in [0.25, 0.3) is 0 Å². The van der Waals surface area contributed by atoms with Crippen molar-refractivity contribution in [1.29, 1.82) is 0 Å². The van der Waals surface area contributed by atoms with Crippen LogP contribution in [0.3, 0.4) is 0 Å². The maximum absolute atomic E-state index is 9.27. The largest absolute Gasteiger partial charge is 0.508 e. The van der Waals surface area contributed by atoms with Crippen LogP contribution >= 0.6 is 12.6 Å². The van der Waals surface area contributed by atoms with E-state index in [0.717, 1.165) is 0 Å². The van der Waals surface area contributed by atoms with Gasteiger partial charge in [0, 0.05) is 11.3 Å². The lowest BCUT2D eigenvalue weighted by Gasteiger charge is -2.08. The van der Waals surface area contributed by atoms with E-state index in [-0.39, 0.29) is 5.75 Å². The van der Waals surface area contributed by atoms with Crippen LogP contribution in [0.5, 0.6) is 5.75 Å². The zero-order valence-corrected chi connectivity index (χ0v) is 6.83. The summed E-state index contributed by atoms with van der Waals surface area (Å²) in [4.78, 5) is 0. The first-order chi connectivity index (χ1) is 5.25. The number of phenols is 1. The molecule has 1 atom stereocenters. The predicted molar refractivity (Wildman–Crippen MR) is 46.9 cm³/mol. The molecule has 0 aliphatic heterocycles. The summed E-state index contributed by atoms with van der Waals surface area (Å²) in [5, 5.41) is 18.5. The number of para-hydroxylation sites is 1. The number of aromatic hydroxyl groups is 1. The van der Waals surface area contributed by atoms with Crippen molar-refractivity contribution in [2.45, 2.75) is 6.10 Å². The van der Waals surface area contributed by atoms with E-state index in [2.05, 4.69) is 12.6 Å². The van der Waals surface area contributed by atoms with Gasteiger partial charge in [0.1, 0.15) is 5.75 Å². The Balaban J connectivity index is 2.93. The Kier molecular flexibility index (Phi) is 2.79. The Bertz CT molecular complexity index is 237. The third-order valence-corrected chi connectivity index (χ3v) is 1.81. The lowest BCUT2D eigenvalue weighted by Crippen LogP contribution is -1.98. The Morgan fingerprint density at radius 3 is 2.55 bits per heavy atom. The fraction of sp³-hybridized carbons (Fsp3) is 0.250. The molecule has 0 fully saturated rings. The molecule has 1 aromatic carbocycles. The van der Waals surface area contributed by atoms with Gasteiger partial charge in [-0.2, -0.15) is 12.6 Å². The van der Waals surface area contributed by atoms with E-state index in [9.17, 15) is 10.2 Å². The van der Waals surface area contributed by atoms with Crippen molar-refractivity contribution in [3.8, 4) is 5.75 Å². The van der Waals surface area contributed by atoms with Crippen molar-refractivity contribution in [2.24, 2.45) is 0 Å². The molecule has 60 valence electrons. The van der Waals surface area contributed by atoms with Crippen LogP contribution < -0.4 is 0 Å². The summed E-state index contributed by atoms with van der Waals surface area (Å²) >= 11 is 3.91. The molecular weight excluding hydrogens is 160 g/mol. The van der Waals surface area contributed by atoms with Crippen LogP contribution in [0.25, 0.3) is 0 Å². The van der Waals surface area contributed by atoms with Gasteiger partial charge in [0.15, 0.2) is 0 Å². The van der Waals surface area contributed by atoms with Gasteiger partial charge in [-0.25, -0.2) is 0 Å². The normalized spacial score (nSPS) is 12.9. The van der Waals surface area contributed by atoms with Gasteiger partial charge in [-0.1, -0.05) is 18.2 Å². The van der Waals surface area contributed by atoms with E-state index in [1.165, 1.54) is 0 Å². The van der Waals surface area contributed by atoms with E-state index < -0.39 is 6.10 Å². The number of phenolic OH excluding ortho intramolecular Hbond substituents is 1. The molecule has 1 unspecified atom stereocenters. The molecule has 3 heteroatoms. The second-order valence-electron chi connectivity index (χ2n) is 2.26. The minimum Gasteiger partial charge on any atom is -0.508 e. The number of rotatable bonds is 2. The molecule has 1 rings (SSSR count). The highest BCUT2D eigenvalue weighted by Crippen LogP contribution is 2.23. The summed E-state index contributed by atoms with van der Waals surface area (Å²) in [5.74, 6) is 0.437. The molecule has 0 aromatic heterocycles. The molecule has 2 N–H and O–H groups in total. The number of aliphatic hydroxyl groups is 1. The second-order valence-corrected chi connectivity index (χ2v) is 2.62. The van der Waals surface area contributed by atoms with E-state index in [1.807, 2.05) is 0 Å². The summed E-state index contributed by atoms with van der Waals surface area (Å²) in [6.45, 7) is 0. The first kappa shape index (κ1) is 8.43. The standard InChI is InChI=1S/C8H10O2S/c9-7-4-2-1-3-6(7)8(10)5-11/h1-4,8-11H,5H2. The van der Waals surface area contributed by atoms with Crippen LogP contribution in [0.4, 0.5) is 0 Å². The maximum Gasteiger partial charge on any atom is 0.121 e. The van der Waals surface area contributed by atoms with Crippen molar-refractivity contribution in [2.75, 3.05) is 5.75 Å². The molecule has 0 aliphatic carbocycles. The monoisotopic (exact) mass is 170 g/mol. The molecule has 0 amide bonds. The van der Waals surface area contributed by atoms with Gasteiger partial charge in [0.2, 0.25) is 0 Å². The number of hydrogen-bond acceptors (Lipinski definition) is 3. The molecule has 1 aromatic rings. The summed E-state index contributed by atoms with van der Waals surface area (Å²) in [6.07, 6.45) is -0.681. The zero-order valence-electron chi connectivity index (χ0n) is 5.94. The highest BCUT2D eigenvalue weighted by Gasteiger charge is 2.08. The van der Waals surface area contributed by atoms with Crippen LogP contribution in [0.1, 0.15) is 11.7 Å². The zero-order chi connectivity index (χ0) is 8.27. The molecule has 0 saturated carbocycles. The van der Waals surface area contributed by atoms with Gasteiger partial charge in [-0.05, 0) is 6.07 Å². The molecule has 11 heavy (non-hydrogen) atoms. The van der Waals surface area contributed by atoms with Crippen LogP contribution in [-0.4, -0.2) is 16.0 Å². The third kappa shape index (κ3) is 1.88. The molecule has 0 radical (unpaired) electrons. The fourth-order valence-electron chi connectivity index (χ4n) is 0.868. The highest BCUT2D eigenvalue weighted by atomic mass is 32.1. The molecule has 0 heterocycles. The van der Waals surface area contributed by atoms with E-state index in [0.29, 0.717) is 11.3 Å². The topological polar surface area (TPSA) is 40.5 Å². The minimum absolute atomic E-state index is 0.119. The van der Waals surface area contributed by atoms with Crippen molar-refractivity contribution < 1.29 is 10.2 Å². The van der Waals surface area contributed by atoms with Crippen LogP contribution in [0.2, 0.25) is 0 Å². The van der Waals surface area contributed by atoms with Gasteiger partial charge >= 0.3 is 0 Å². The van der Waals surface area contributed by atoms with Crippen molar-refractivity contribution in [1.82, 2.24) is 0 Å². The van der Waals surface area contributed by atoms with Crippen LogP contribution in [0, 0.1) is 0 Å². The SMILES string of the molecule is Oc1ccccc1C(O)CS. The van der Waals surface area contributed by atoms with Crippen molar-refractivity contribution >= 4 is 12.6 Å². The minimum atomic E-state index is -0.681. The molecule has 0 spiro atoms. The van der Waals surface area contributed by atoms with E-state index in [4.69, 9.17) is 0 Å². The fourth-order valence-corrected chi connectivity index (χ4v) is 1.06. The molecular formula is C8H10O2S. The molecule has 2 nitrogen and oxygen atoms in total. The number of thiol groups is 1. The smallest absolute Gasteiger partial charge is 0.121 e. The molecule has 0 aliphatic rings. The van der Waals surface area contributed by atoms with Crippen LogP contribution in [-0.2, 0) is 0 Å². The van der Waals surface area contributed by atoms with Gasteiger partial charge < -0.3 is 10.2 Å². The average molecular weight is 170 g/mol. The summed E-state index contributed by atoms with van der Waals surface area (Å²) in [7, 11) is 0. The number of aliphatic hydroxyl groups excluding tert-OH is 1. The van der Waals surface area contributed by atoms with Crippen molar-refractivity contribution in [3.63, 3.8) is 0 Å². The van der Waals surface area contributed by atoms with Gasteiger partial charge in [-0.15, -0.1) is 0 Å². The first-order valence-electron chi connectivity index (χ1n) is 3.32. The molecule has 0 saturated heterocycles. The average Bonchev–Trinajstić information content (AvgIpc) is 2.04. The van der Waals surface area contributed by atoms with E-state index in [1.54, 1.807) is 24.3 Å². The first-order valence-corrected chi connectivity index (χ1v) is 3.95.